The fraction of sp³-hybridized carbons (Fsp3) is 0.333. The fourth-order valence-corrected chi connectivity index (χ4v) is 1.32. The fourth-order valence-electron chi connectivity index (χ4n) is 1.32. The van der Waals surface area contributed by atoms with Gasteiger partial charge in [-0.25, -0.2) is 4.79 Å². The van der Waals surface area contributed by atoms with Crippen LogP contribution >= 0.6 is 0 Å². The summed E-state index contributed by atoms with van der Waals surface area (Å²) >= 11 is 0. The SMILES string of the molecule is COC(=O)c1ccc(N(C)N(C)C(C)=O)cc1. The first-order chi connectivity index (χ1) is 7.97. The number of hydrogen-bond acceptors (Lipinski definition) is 4. The van der Waals surface area contributed by atoms with Crippen LogP contribution in [0.2, 0.25) is 0 Å². The third-order valence-corrected chi connectivity index (χ3v) is 2.57. The minimum atomic E-state index is -0.376. The summed E-state index contributed by atoms with van der Waals surface area (Å²) in [6.07, 6.45) is 0. The molecule has 0 N–H and O–H groups in total. The van der Waals surface area contributed by atoms with Crippen molar-refractivity contribution in [3.63, 3.8) is 0 Å². The maximum absolute atomic E-state index is 11.2. The molecule has 5 nitrogen and oxygen atoms in total. The average Bonchev–Trinajstić information content (AvgIpc) is 2.36. The van der Waals surface area contributed by atoms with Gasteiger partial charge in [0.1, 0.15) is 0 Å². The largest absolute Gasteiger partial charge is 0.465 e. The lowest BCUT2D eigenvalue weighted by Crippen LogP contribution is -2.39. The molecular weight excluding hydrogens is 220 g/mol. The van der Waals surface area contributed by atoms with Gasteiger partial charge in [0.25, 0.3) is 0 Å². The lowest BCUT2D eigenvalue weighted by Gasteiger charge is -2.29. The van der Waals surface area contributed by atoms with Gasteiger partial charge in [-0.2, -0.15) is 0 Å². The third-order valence-electron chi connectivity index (χ3n) is 2.57. The lowest BCUT2D eigenvalue weighted by atomic mass is 10.2. The Balaban J connectivity index is 2.87. The molecule has 0 saturated carbocycles. The van der Waals surface area contributed by atoms with Gasteiger partial charge in [-0.15, -0.1) is 0 Å². The van der Waals surface area contributed by atoms with Gasteiger partial charge in [0.2, 0.25) is 5.91 Å². The minimum Gasteiger partial charge on any atom is -0.465 e. The van der Waals surface area contributed by atoms with E-state index in [0.717, 1.165) is 5.69 Å². The molecule has 0 radical (unpaired) electrons. The van der Waals surface area contributed by atoms with Gasteiger partial charge in [-0.05, 0) is 24.3 Å². The first kappa shape index (κ1) is 13.0. The number of rotatable bonds is 3. The van der Waals surface area contributed by atoms with Gasteiger partial charge in [0.15, 0.2) is 0 Å². The topological polar surface area (TPSA) is 49.9 Å². The van der Waals surface area contributed by atoms with Crippen molar-refractivity contribution >= 4 is 17.6 Å². The molecule has 0 aliphatic rings. The van der Waals surface area contributed by atoms with Crippen LogP contribution in [0.5, 0.6) is 0 Å². The van der Waals surface area contributed by atoms with Gasteiger partial charge in [-0.1, -0.05) is 0 Å². The van der Waals surface area contributed by atoms with Crippen molar-refractivity contribution < 1.29 is 14.3 Å². The molecular formula is C12H16N2O3. The lowest BCUT2D eigenvalue weighted by molar-refractivity contribution is -0.127. The summed E-state index contributed by atoms with van der Waals surface area (Å²) in [5.41, 5.74) is 1.30. The van der Waals surface area contributed by atoms with Crippen molar-refractivity contribution in [2.24, 2.45) is 0 Å². The molecule has 0 saturated heterocycles. The molecule has 0 aliphatic heterocycles. The number of ether oxygens (including phenoxy) is 1. The van der Waals surface area contributed by atoms with Crippen LogP contribution in [0.3, 0.4) is 0 Å². The third kappa shape index (κ3) is 2.96. The zero-order valence-corrected chi connectivity index (χ0v) is 10.4. The van der Waals surface area contributed by atoms with Crippen molar-refractivity contribution in [2.75, 3.05) is 26.2 Å². The Labute approximate surface area is 101 Å². The molecule has 0 bridgehead atoms. The van der Waals surface area contributed by atoms with Crippen molar-refractivity contribution in [1.29, 1.82) is 0 Å². The van der Waals surface area contributed by atoms with Gasteiger partial charge in [0, 0.05) is 21.0 Å². The highest BCUT2D eigenvalue weighted by molar-refractivity contribution is 5.89. The minimum absolute atomic E-state index is 0.0652. The van der Waals surface area contributed by atoms with Crippen LogP contribution in [0.4, 0.5) is 5.69 Å². The average molecular weight is 236 g/mol. The molecule has 0 heterocycles. The van der Waals surface area contributed by atoms with E-state index < -0.39 is 0 Å². The Morgan fingerprint density at radius 2 is 1.65 bits per heavy atom. The van der Waals surface area contributed by atoms with Crippen molar-refractivity contribution in [3.05, 3.63) is 29.8 Å². The summed E-state index contributed by atoms with van der Waals surface area (Å²) < 4.78 is 4.61. The summed E-state index contributed by atoms with van der Waals surface area (Å²) in [7, 11) is 4.79. The molecule has 0 unspecified atom stereocenters. The molecule has 0 atom stereocenters. The zero-order valence-electron chi connectivity index (χ0n) is 10.4. The van der Waals surface area contributed by atoms with E-state index in [1.165, 1.54) is 19.0 Å². The maximum Gasteiger partial charge on any atom is 0.337 e. The summed E-state index contributed by atoms with van der Waals surface area (Å²) in [6, 6.07) is 6.83. The van der Waals surface area contributed by atoms with E-state index in [4.69, 9.17) is 0 Å². The van der Waals surface area contributed by atoms with Gasteiger partial charge < -0.3 is 4.74 Å². The predicted molar refractivity (Wildman–Crippen MR) is 64.6 cm³/mol. The molecule has 1 aromatic carbocycles. The van der Waals surface area contributed by atoms with Crippen LogP contribution in [0, 0.1) is 0 Å². The second kappa shape index (κ2) is 5.34. The van der Waals surface area contributed by atoms with E-state index in [0.29, 0.717) is 5.56 Å². The van der Waals surface area contributed by atoms with Gasteiger partial charge in [-0.3, -0.25) is 14.8 Å². The van der Waals surface area contributed by atoms with E-state index in [2.05, 4.69) is 4.74 Å². The number of esters is 1. The van der Waals surface area contributed by atoms with Gasteiger partial charge in [0.05, 0.1) is 18.4 Å². The normalized spacial score (nSPS) is 9.65. The highest BCUT2D eigenvalue weighted by Gasteiger charge is 2.11. The molecule has 0 aromatic heterocycles. The number of methoxy groups -OCH3 is 1. The van der Waals surface area contributed by atoms with E-state index in [1.54, 1.807) is 43.4 Å². The first-order valence-electron chi connectivity index (χ1n) is 5.13. The Morgan fingerprint density at radius 1 is 1.12 bits per heavy atom. The number of carbonyl (C=O) groups is 2. The number of carbonyl (C=O) groups excluding carboxylic acids is 2. The second-order valence-electron chi connectivity index (χ2n) is 3.60. The number of nitrogens with zero attached hydrogens (tertiary/aromatic N) is 2. The molecule has 0 spiro atoms. The summed E-state index contributed by atoms with van der Waals surface area (Å²) in [5.74, 6) is -0.441. The Hall–Kier alpha value is -2.04. The molecule has 1 amide bonds. The second-order valence-corrected chi connectivity index (χ2v) is 3.60. The monoisotopic (exact) mass is 236 g/mol. The zero-order chi connectivity index (χ0) is 13.0. The molecule has 1 aromatic rings. The molecule has 17 heavy (non-hydrogen) atoms. The number of hydrazine groups is 1. The number of amides is 1. The smallest absolute Gasteiger partial charge is 0.337 e. The van der Waals surface area contributed by atoms with Crippen LogP contribution in [-0.4, -0.2) is 38.1 Å². The maximum atomic E-state index is 11.2. The quantitative estimate of drug-likeness (QED) is 0.586. The molecule has 5 heteroatoms. The number of benzene rings is 1. The van der Waals surface area contributed by atoms with E-state index in [9.17, 15) is 9.59 Å². The highest BCUT2D eigenvalue weighted by Crippen LogP contribution is 2.15. The van der Waals surface area contributed by atoms with E-state index in [1.807, 2.05) is 0 Å². The number of hydrogen-bond donors (Lipinski definition) is 0. The van der Waals surface area contributed by atoms with Gasteiger partial charge >= 0.3 is 5.97 Å². The first-order valence-corrected chi connectivity index (χ1v) is 5.13. The number of anilines is 1. The Kier molecular flexibility index (Phi) is 4.09. The molecule has 92 valence electrons. The standard InChI is InChI=1S/C12H16N2O3/c1-9(15)13(2)14(3)11-7-5-10(6-8-11)12(16)17-4/h5-8H,1-4H3. The predicted octanol–water partition coefficient (Wildman–Crippen LogP) is 1.30. The molecule has 0 fully saturated rings. The van der Waals surface area contributed by atoms with Crippen molar-refractivity contribution in [2.45, 2.75) is 6.92 Å². The van der Waals surface area contributed by atoms with Crippen molar-refractivity contribution in [1.82, 2.24) is 5.01 Å². The summed E-state index contributed by atoms with van der Waals surface area (Å²) in [6.45, 7) is 1.49. The Morgan fingerprint density at radius 3 is 2.06 bits per heavy atom. The van der Waals surface area contributed by atoms with Crippen LogP contribution < -0.4 is 5.01 Å². The van der Waals surface area contributed by atoms with Crippen LogP contribution in [0.25, 0.3) is 0 Å². The highest BCUT2D eigenvalue weighted by atomic mass is 16.5. The molecule has 0 aliphatic carbocycles. The van der Waals surface area contributed by atoms with E-state index >= 15 is 0 Å². The summed E-state index contributed by atoms with van der Waals surface area (Å²) in [4.78, 5) is 22.4. The molecule has 1 rings (SSSR count). The van der Waals surface area contributed by atoms with E-state index in [-0.39, 0.29) is 11.9 Å². The summed E-state index contributed by atoms with van der Waals surface area (Å²) in [5, 5.41) is 3.18. The van der Waals surface area contributed by atoms with Crippen LogP contribution in [0.15, 0.2) is 24.3 Å². The van der Waals surface area contributed by atoms with Crippen LogP contribution in [0.1, 0.15) is 17.3 Å². The van der Waals surface area contributed by atoms with Crippen LogP contribution in [-0.2, 0) is 9.53 Å². The Bertz CT molecular complexity index is 414. The van der Waals surface area contributed by atoms with Crippen molar-refractivity contribution in [3.8, 4) is 0 Å².